The van der Waals surface area contributed by atoms with Crippen molar-refractivity contribution in [2.75, 3.05) is 25.1 Å². The summed E-state index contributed by atoms with van der Waals surface area (Å²) in [6, 6.07) is 10.9. The lowest BCUT2D eigenvalue weighted by Gasteiger charge is -2.14. The van der Waals surface area contributed by atoms with Gasteiger partial charge in [0.2, 0.25) is 5.91 Å². The van der Waals surface area contributed by atoms with Crippen molar-refractivity contribution in [2.24, 2.45) is 0 Å². The molecule has 7 nitrogen and oxygen atoms in total. The van der Waals surface area contributed by atoms with Gasteiger partial charge in [-0.3, -0.25) is 19.3 Å². The van der Waals surface area contributed by atoms with Gasteiger partial charge in [0.15, 0.2) is 11.5 Å². The number of carbonyl (C=O) groups is 3. The van der Waals surface area contributed by atoms with E-state index in [0.29, 0.717) is 40.4 Å². The number of aryl methyl sites for hydroxylation is 1. The van der Waals surface area contributed by atoms with E-state index in [1.54, 1.807) is 24.3 Å². The standard InChI is InChI=1S/C24H25BrN2O5S/c1-4-9-32-22-18(25)11-16(12-19(22)31-5-2)13-20-23(29)27(24(30)33-20)14-21(28)26-17-8-6-7-15(3)10-17/h6-8,10-13H,4-5,9,14H2,1-3H3,(H,26,28). The van der Waals surface area contributed by atoms with Crippen molar-refractivity contribution in [1.29, 1.82) is 0 Å². The van der Waals surface area contributed by atoms with Crippen LogP contribution < -0.4 is 14.8 Å². The molecule has 0 saturated carbocycles. The van der Waals surface area contributed by atoms with Gasteiger partial charge in [0.25, 0.3) is 11.1 Å². The molecule has 1 N–H and O–H groups in total. The first kappa shape index (κ1) is 24.9. The van der Waals surface area contributed by atoms with E-state index in [9.17, 15) is 14.4 Å². The van der Waals surface area contributed by atoms with E-state index in [2.05, 4.69) is 21.2 Å². The quantitative estimate of drug-likeness (QED) is 0.422. The Morgan fingerprint density at radius 3 is 2.67 bits per heavy atom. The molecule has 0 radical (unpaired) electrons. The first-order valence-corrected chi connectivity index (χ1v) is 12.1. The van der Waals surface area contributed by atoms with Gasteiger partial charge in [0, 0.05) is 5.69 Å². The molecule has 0 bridgehead atoms. The van der Waals surface area contributed by atoms with Crippen LogP contribution in [0.15, 0.2) is 45.8 Å². The van der Waals surface area contributed by atoms with Gasteiger partial charge in [0.1, 0.15) is 6.54 Å². The number of hydrogen-bond donors (Lipinski definition) is 1. The molecule has 1 aliphatic rings. The van der Waals surface area contributed by atoms with Crippen LogP contribution in [0.3, 0.4) is 0 Å². The summed E-state index contributed by atoms with van der Waals surface area (Å²) in [6.45, 7) is 6.44. The van der Waals surface area contributed by atoms with Crippen molar-refractivity contribution >= 4 is 56.5 Å². The van der Waals surface area contributed by atoms with E-state index in [4.69, 9.17) is 9.47 Å². The summed E-state index contributed by atoms with van der Waals surface area (Å²) in [5.74, 6) is 0.188. The van der Waals surface area contributed by atoms with Crippen LogP contribution in [-0.4, -0.2) is 41.7 Å². The van der Waals surface area contributed by atoms with Gasteiger partial charge in [-0.1, -0.05) is 19.1 Å². The predicted molar refractivity (Wildman–Crippen MR) is 134 cm³/mol. The number of nitrogens with one attached hydrogen (secondary N) is 1. The summed E-state index contributed by atoms with van der Waals surface area (Å²) in [7, 11) is 0. The monoisotopic (exact) mass is 532 g/mol. The molecule has 3 rings (SSSR count). The predicted octanol–water partition coefficient (Wildman–Crippen LogP) is 5.62. The van der Waals surface area contributed by atoms with Gasteiger partial charge < -0.3 is 14.8 Å². The van der Waals surface area contributed by atoms with Crippen molar-refractivity contribution in [3.05, 3.63) is 56.9 Å². The first-order valence-electron chi connectivity index (χ1n) is 10.5. The van der Waals surface area contributed by atoms with Gasteiger partial charge in [-0.2, -0.15) is 0 Å². The number of amides is 3. The van der Waals surface area contributed by atoms with Crippen LogP contribution in [0, 0.1) is 6.92 Å². The minimum absolute atomic E-state index is 0.236. The van der Waals surface area contributed by atoms with E-state index in [1.807, 2.05) is 39.0 Å². The van der Waals surface area contributed by atoms with Crippen LogP contribution in [-0.2, 0) is 9.59 Å². The maximum Gasteiger partial charge on any atom is 0.294 e. The minimum Gasteiger partial charge on any atom is -0.490 e. The number of rotatable bonds is 9. The van der Waals surface area contributed by atoms with Crippen LogP contribution in [0.5, 0.6) is 11.5 Å². The van der Waals surface area contributed by atoms with Crippen LogP contribution in [0.2, 0.25) is 0 Å². The average Bonchev–Trinajstić information content (AvgIpc) is 3.00. The SMILES string of the molecule is CCCOc1c(Br)cc(C=C2SC(=O)N(CC(=O)Nc3cccc(C)c3)C2=O)cc1OCC. The Balaban J connectivity index is 1.76. The highest BCUT2D eigenvalue weighted by Gasteiger charge is 2.36. The van der Waals surface area contributed by atoms with E-state index >= 15 is 0 Å². The second kappa shape index (κ2) is 11.4. The topological polar surface area (TPSA) is 84.9 Å². The third-order valence-corrected chi connectivity index (χ3v) is 6.05. The van der Waals surface area contributed by atoms with E-state index in [1.165, 1.54) is 0 Å². The van der Waals surface area contributed by atoms with Gasteiger partial charge in [-0.25, -0.2) is 0 Å². The highest BCUT2D eigenvalue weighted by molar-refractivity contribution is 9.10. The lowest BCUT2D eigenvalue weighted by atomic mass is 10.2. The Labute approximate surface area is 205 Å². The zero-order valence-corrected chi connectivity index (χ0v) is 21.0. The molecule has 3 amide bonds. The summed E-state index contributed by atoms with van der Waals surface area (Å²) in [6.07, 6.45) is 2.46. The second-order valence-corrected chi connectivity index (χ2v) is 9.14. The average molecular weight is 533 g/mol. The Morgan fingerprint density at radius 2 is 1.97 bits per heavy atom. The number of hydrogen-bond acceptors (Lipinski definition) is 6. The zero-order valence-electron chi connectivity index (χ0n) is 18.6. The fraction of sp³-hybridized carbons (Fsp3) is 0.292. The molecule has 0 aromatic heterocycles. The molecule has 174 valence electrons. The molecule has 9 heteroatoms. The van der Waals surface area contributed by atoms with E-state index in [-0.39, 0.29) is 11.4 Å². The summed E-state index contributed by atoms with van der Waals surface area (Å²) in [4.78, 5) is 38.8. The molecule has 2 aromatic carbocycles. The van der Waals surface area contributed by atoms with Gasteiger partial charge >= 0.3 is 0 Å². The third kappa shape index (κ3) is 6.39. The Kier molecular flexibility index (Phi) is 8.57. The van der Waals surface area contributed by atoms with Crippen LogP contribution in [0.25, 0.3) is 6.08 Å². The van der Waals surface area contributed by atoms with Crippen molar-refractivity contribution in [1.82, 2.24) is 4.90 Å². The molecule has 0 aliphatic carbocycles. The van der Waals surface area contributed by atoms with Crippen LogP contribution >= 0.6 is 27.7 Å². The largest absolute Gasteiger partial charge is 0.490 e. The number of carbonyl (C=O) groups excluding carboxylic acids is 3. The Hall–Kier alpha value is -2.78. The molecule has 0 unspecified atom stereocenters. The molecular weight excluding hydrogens is 508 g/mol. The molecule has 1 heterocycles. The number of thioether (sulfide) groups is 1. The number of nitrogens with zero attached hydrogens (tertiary/aromatic N) is 1. The number of halogens is 1. The summed E-state index contributed by atoms with van der Waals surface area (Å²) >= 11 is 4.30. The Bertz CT molecular complexity index is 1100. The molecule has 1 aliphatic heterocycles. The Morgan fingerprint density at radius 1 is 1.18 bits per heavy atom. The summed E-state index contributed by atoms with van der Waals surface area (Å²) in [5.41, 5.74) is 2.27. The molecule has 0 spiro atoms. The number of benzene rings is 2. The molecule has 33 heavy (non-hydrogen) atoms. The molecule has 1 fully saturated rings. The fourth-order valence-corrected chi connectivity index (χ4v) is 4.55. The third-order valence-electron chi connectivity index (χ3n) is 4.56. The number of imide groups is 1. The van der Waals surface area contributed by atoms with E-state index < -0.39 is 17.1 Å². The van der Waals surface area contributed by atoms with E-state index in [0.717, 1.165) is 28.6 Å². The maximum absolute atomic E-state index is 12.8. The highest BCUT2D eigenvalue weighted by Crippen LogP contribution is 2.39. The molecule has 0 atom stereocenters. The van der Waals surface area contributed by atoms with Crippen molar-refractivity contribution < 1.29 is 23.9 Å². The fourth-order valence-electron chi connectivity index (χ4n) is 3.13. The molecular formula is C24H25BrN2O5S. The smallest absolute Gasteiger partial charge is 0.294 e. The first-order chi connectivity index (χ1) is 15.8. The van der Waals surface area contributed by atoms with Crippen molar-refractivity contribution in [2.45, 2.75) is 27.2 Å². The second-order valence-electron chi connectivity index (χ2n) is 7.30. The molecule has 2 aromatic rings. The van der Waals surface area contributed by atoms with Gasteiger partial charge in [-0.15, -0.1) is 0 Å². The number of anilines is 1. The van der Waals surface area contributed by atoms with Crippen LogP contribution in [0.1, 0.15) is 31.4 Å². The van der Waals surface area contributed by atoms with Crippen molar-refractivity contribution in [3.8, 4) is 11.5 Å². The van der Waals surface area contributed by atoms with Crippen LogP contribution in [0.4, 0.5) is 10.5 Å². The zero-order chi connectivity index (χ0) is 24.0. The van der Waals surface area contributed by atoms with Gasteiger partial charge in [-0.05, 0) is 89.4 Å². The maximum atomic E-state index is 12.8. The van der Waals surface area contributed by atoms with Gasteiger partial charge in [0.05, 0.1) is 22.6 Å². The lowest BCUT2D eigenvalue weighted by molar-refractivity contribution is -0.127. The highest BCUT2D eigenvalue weighted by atomic mass is 79.9. The molecule has 1 saturated heterocycles. The summed E-state index contributed by atoms with van der Waals surface area (Å²) in [5, 5.41) is 2.23. The minimum atomic E-state index is -0.509. The normalized spacial score (nSPS) is 14.7. The number of ether oxygens (including phenoxy) is 2. The van der Waals surface area contributed by atoms with Crippen molar-refractivity contribution in [3.63, 3.8) is 0 Å². The summed E-state index contributed by atoms with van der Waals surface area (Å²) < 4.78 is 12.2. The lowest BCUT2D eigenvalue weighted by Crippen LogP contribution is -2.36.